The fraction of sp³-hybridized carbons (Fsp3) is 0.143. The van der Waals surface area contributed by atoms with Crippen LogP contribution in [0.4, 0.5) is 15.8 Å². The minimum atomic E-state index is -0.273. The van der Waals surface area contributed by atoms with Crippen molar-refractivity contribution >= 4 is 17.3 Å². The molecule has 4 rings (SSSR count). The quantitative estimate of drug-likeness (QED) is 0.684. The van der Waals surface area contributed by atoms with Crippen LogP contribution in [0.15, 0.2) is 60.9 Å². The van der Waals surface area contributed by atoms with Crippen LogP contribution < -0.4 is 20.1 Å². The van der Waals surface area contributed by atoms with Gasteiger partial charge in [0.15, 0.2) is 11.5 Å². The molecule has 0 spiro atoms. The minimum Gasteiger partial charge on any atom is -0.454 e. The summed E-state index contributed by atoms with van der Waals surface area (Å²) in [4.78, 5) is 16.5. The SMILES string of the molecule is O=C(NCCc1ccc(F)cc1)c1cncc(Nc2ccc3c(c2)OCO3)c1. The Labute approximate surface area is 161 Å². The van der Waals surface area contributed by atoms with Crippen molar-refractivity contribution in [1.29, 1.82) is 0 Å². The summed E-state index contributed by atoms with van der Waals surface area (Å²) in [6.07, 6.45) is 3.77. The second-order valence-electron chi connectivity index (χ2n) is 6.29. The number of aromatic nitrogens is 1. The van der Waals surface area contributed by atoms with Crippen LogP contribution >= 0.6 is 0 Å². The Hall–Kier alpha value is -3.61. The van der Waals surface area contributed by atoms with Gasteiger partial charge in [0, 0.05) is 24.5 Å². The van der Waals surface area contributed by atoms with E-state index in [1.807, 2.05) is 18.2 Å². The van der Waals surface area contributed by atoms with Gasteiger partial charge in [0.1, 0.15) is 5.82 Å². The van der Waals surface area contributed by atoms with Crippen LogP contribution in [0.5, 0.6) is 11.5 Å². The van der Waals surface area contributed by atoms with E-state index in [-0.39, 0.29) is 18.5 Å². The number of benzene rings is 2. The van der Waals surface area contributed by atoms with E-state index >= 15 is 0 Å². The Bertz CT molecular complexity index is 992. The summed E-state index contributed by atoms with van der Waals surface area (Å²) in [5.41, 5.74) is 2.90. The molecule has 28 heavy (non-hydrogen) atoms. The molecule has 0 bridgehead atoms. The fourth-order valence-electron chi connectivity index (χ4n) is 2.85. The van der Waals surface area contributed by atoms with E-state index in [4.69, 9.17) is 9.47 Å². The van der Waals surface area contributed by atoms with Crippen molar-refractivity contribution in [3.8, 4) is 11.5 Å². The number of fused-ring (bicyclic) bond motifs is 1. The maximum atomic E-state index is 12.9. The van der Waals surface area contributed by atoms with E-state index in [0.717, 1.165) is 11.3 Å². The first-order valence-corrected chi connectivity index (χ1v) is 8.82. The molecule has 2 aromatic carbocycles. The zero-order valence-electron chi connectivity index (χ0n) is 14.9. The molecule has 7 heteroatoms. The number of pyridine rings is 1. The average molecular weight is 379 g/mol. The predicted octanol–water partition coefficient (Wildman–Crippen LogP) is 3.67. The van der Waals surface area contributed by atoms with E-state index in [1.165, 1.54) is 18.3 Å². The first kappa shape index (κ1) is 17.8. The molecular weight excluding hydrogens is 361 g/mol. The molecule has 0 unspecified atom stereocenters. The lowest BCUT2D eigenvalue weighted by atomic mass is 10.1. The van der Waals surface area contributed by atoms with E-state index < -0.39 is 0 Å². The first-order chi connectivity index (χ1) is 13.7. The van der Waals surface area contributed by atoms with Gasteiger partial charge >= 0.3 is 0 Å². The van der Waals surface area contributed by atoms with Gasteiger partial charge < -0.3 is 20.1 Å². The maximum Gasteiger partial charge on any atom is 0.252 e. The van der Waals surface area contributed by atoms with Crippen molar-refractivity contribution in [3.05, 3.63) is 77.9 Å². The first-order valence-electron chi connectivity index (χ1n) is 8.82. The van der Waals surface area contributed by atoms with E-state index in [1.54, 1.807) is 24.4 Å². The second kappa shape index (κ2) is 7.96. The lowest BCUT2D eigenvalue weighted by Gasteiger charge is -2.09. The Balaban J connectivity index is 1.36. The summed E-state index contributed by atoms with van der Waals surface area (Å²) < 4.78 is 23.6. The molecule has 0 saturated carbocycles. The van der Waals surface area contributed by atoms with Gasteiger partial charge in [-0.3, -0.25) is 9.78 Å². The van der Waals surface area contributed by atoms with Crippen molar-refractivity contribution in [2.75, 3.05) is 18.7 Å². The molecule has 0 aliphatic carbocycles. The van der Waals surface area contributed by atoms with Gasteiger partial charge in [-0.05, 0) is 42.3 Å². The molecule has 1 aliphatic heterocycles. The number of rotatable bonds is 6. The largest absolute Gasteiger partial charge is 0.454 e. The van der Waals surface area contributed by atoms with E-state index in [9.17, 15) is 9.18 Å². The second-order valence-corrected chi connectivity index (χ2v) is 6.29. The normalized spacial score (nSPS) is 11.9. The number of ether oxygens (including phenoxy) is 2. The number of nitrogens with zero attached hydrogens (tertiary/aromatic N) is 1. The van der Waals surface area contributed by atoms with Crippen LogP contribution in [0, 0.1) is 5.82 Å². The van der Waals surface area contributed by atoms with Gasteiger partial charge in [-0.1, -0.05) is 12.1 Å². The molecule has 0 atom stereocenters. The number of hydrogen-bond acceptors (Lipinski definition) is 5. The Kier molecular flexibility index (Phi) is 5.05. The monoisotopic (exact) mass is 379 g/mol. The fourth-order valence-corrected chi connectivity index (χ4v) is 2.85. The smallest absolute Gasteiger partial charge is 0.252 e. The molecule has 1 aromatic heterocycles. The number of hydrogen-bond donors (Lipinski definition) is 2. The van der Waals surface area contributed by atoms with Crippen molar-refractivity contribution in [1.82, 2.24) is 10.3 Å². The van der Waals surface area contributed by atoms with Crippen molar-refractivity contribution in [3.63, 3.8) is 0 Å². The van der Waals surface area contributed by atoms with Gasteiger partial charge in [0.2, 0.25) is 6.79 Å². The standard InChI is InChI=1S/C21H18FN3O3/c22-16-3-1-14(2-4-16)7-8-24-21(26)15-9-18(12-23-11-15)25-17-5-6-19-20(10-17)28-13-27-19/h1-6,9-12,25H,7-8,13H2,(H,24,26). The lowest BCUT2D eigenvalue weighted by Crippen LogP contribution is -2.25. The highest BCUT2D eigenvalue weighted by Gasteiger charge is 2.13. The Morgan fingerprint density at radius 1 is 1.00 bits per heavy atom. The summed E-state index contributed by atoms with van der Waals surface area (Å²) in [6.45, 7) is 0.665. The summed E-state index contributed by atoms with van der Waals surface area (Å²) in [7, 11) is 0. The number of nitrogens with one attached hydrogen (secondary N) is 2. The Morgan fingerprint density at radius 3 is 2.68 bits per heavy atom. The maximum absolute atomic E-state index is 12.9. The van der Waals surface area contributed by atoms with Crippen molar-refractivity contribution in [2.45, 2.75) is 6.42 Å². The highest BCUT2D eigenvalue weighted by atomic mass is 19.1. The minimum absolute atomic E-state index is 0.216. The number of halogens is 1. The predicted molar refractivity (Wildman–Crippen MR) is 103 cm³/mol. The lowest BCUT2D eigenvalue weighted by molar-refractivity contribution is 0.0954. The van der Waals surface area contributed by atoms with E-state index in [2.05, 4.69) is 15.6 Å². The summed E-state index contributed by atoms with van der Waals surface area (Å²) in [6, 6.07) is 13.5. The molecule has 2 N–H and O–H groups in total. The third-order valence-electron chi connectivity index (χ3n) is 4.27. The molecule has 1 aliphatic rings. The number of amides is 1. The zero-order chi connectivity index (χ0) is 19.3. The van der Waals surface area contributed by atoms with Gasteiger partial charge in [0.05, 0.1) is 17.4 Å². The third-order valence-corrected chi connectivity index (χ3v) is 4.27. The summed E-state index contributed by atoms with van der Waals surface area (Å²) in [5.74, 6) is 0.889. The average Bonchev–Trinajstić information content (AvgIpc) is 3.17. The van der Waals surface area contributed by atoms with Gasteiger partial charge in [-0.15, -0.1) is 0 Å². The molecule has 0 saturated heterocycles. The molecular formula is C21H18FN3O3. The van der Waals surface area contributed by atoms with Crippen LogP contribution in [0.3, 0.4) is 0 Å². The van der Waals surface area contributed by atoms with Gasteiger partial charge in [0.25, 0.3) is 5.91 Å². The van der Waals surface area contributed by atoms with Crippen LogP contribution in [0.2, 0.25) is 0 Å². The van der Waals surface area contributed by atoms with Crippen LogP contribution in [0.25, 0.3) is 0 Å². The molecule has 3 aromatic rings. The van der Waals surface area contributed by atoms with Crippen molar-refractivity contribution < 1.29 is 18.7 Å². The highest BCUT2D eigenvalue weighted by molar-refractivity contribution is 5.94. The highest BCUT2D eigenvalue weighted by Crippen LogP contribution is 2.35. The third kappa shape index (κ3) is 4.20. The van der Waals surface area contributed by atoms with Gasteiger partial charge in [-0.25, -0.2) is 4.39 Å². The molecule has 0 radical (unpaired) electrons. The van der Waals surface area contributed by atoms with E-state index in [0.29, 0.717) is 35.7 Å². The number of carbonyl (C=O) groups excluding carboxylic acids is 1. The number of anilines is 2. The summed E-state index contributed by atoms with van der Waals surface area (Å²) >= 11 is 0. The topological polar surface area (TPSA) is 72.5 Å². The van der Waals surface area contributed by atoms with Gasteiger partial charge in [-0.2, -0.15) is 0 Å². The molecule has 142 valence electrons. The van der Waals surface area contributed by atoms with Crippen LogP contribution in [-0.2, 0) is 6.42 Å². The van der Waals surface area contributed by atoms with Crippen molar-refractivity contribution in [2.24, 2.45) is 0 Å². The number of carbonyl (C=O) groups is 1. The molecule has 0 fully saturated rings. The zero-order valence-corrected chi connectivity index (χ0v) is 14.9. The molecule has 2 heterocycles. The molecule has 1 amide bonds. The molecule has 6 nitrogen and oxygen atoms in total. The van der Waals surface area contributed by atoms with Crippen LogP contribution in [0.1, 0.15) is 15.9 Å². The summed E-state index contributed by atoms with van der Waals surface area (Å²) in [5, 5.41) is 6.05. The van der Waals surface area contributed by atoms with Crippen LogP contribution in [-0.4, -0.2) is 24.2 Å². The Morgan fingerprint density at radius 2 is 1.82 bits per heavy atom.